The van der Waals surface area contributed by atoms with E-state index in [0.29, 0.717) is 13.2 Å². The van der Waals surface area contributed by atoms with Crippen LogP contribution < -0.4 is 5.32 Å². The number of likely N-dealkylation sites (N-methyl/N-ethyl adjacent to an activating group) is 1. The Morgan fingerprint density at radius 3 is 3.00 bits per heavy atom. The summed E-state index contributed by atoms with van der Waals surface area (Å²) in [5, 5.41) is 3.09. The van der Waals surface area contributed by atoms with Crippen molar-refractivity contribution in [2.24, 2.45) is 0 Å². The molecule has 1 aromatic heterocycles. The second kappa shape index (κ2) is 4.02. The van der Waals surface area contributed by atoms with Gasteiger partial charge >= 0.3 is 0 Å². The molecule has 4 heteroatoms. The van der Waals surface area contributed by atoms with Crippen LogP contribution in [0.1, 0.15) is 22.8 Å². The van der Waals surface area contributed by atoms with Crippen molar-refractivity contribution in [1.29, 1.82) is 0 Å². The van der Waals surface area contributed by atoms with Gasteiger partial charge in [0.15, 0.2) is 0 Å². The van der Waals surface area contributed by atoms with Crippen molar-refractivity contribution in [3.63, 3.8) is 0 Å². The predicted octanol–water partition coefficient (Wildman–Crippen LogP) is 0.577. The van der Waals surface area contributed by atoms with Crippen molar-refractivity contribution in [2.45, 2.75) is 26.6 Å². The number of nitrogens with one attached hydrogen (secondary N) is 1. The fourth-order valence-electron chi connectivity index (χ4n) is 1.62. The molecule has 4 nitrogen and oxygen atoms in total. The number of hydrogen-bond donors (Lipinski definition) is 1. The maximum Gasteiger partial charge on any atom is 0.130 e. The average Bonchev–Trinajstić information content (AvgIpc) is 2.63. The second-order valence-corrected chi connectivity index (χ2v) is 3.50. The Labute approximate surface area is 83.7 Å². The Morgan fingerprint density at radius 1 is 1.36 bits per heavy atom. The summed E-state index contributed by atoms with van der Waals surface area (Å²) >= 11 is 0. The molecule has 76 valence electrons. The molecule has 1 aliphatic rings. The molecule has 14 heavy (non-hydrogen) atoms. The number of fused-ring (bicyclic) bond motifs is 1. The smallest absolute Gasteiger partial charge is 0.130 e. The highest BCUT2D eigenvalue weighted by Crippen LogP contribution is 2.19. The highest BCUT2D eigenvalue weighted by molar-refractivity contribution is 5.26. The third kappa shape index (κ3) is 1.76. The number of nitrogens with zero attached hydrogens (tertiary/aromatic N) is 2. The molecule has 0 amide bonds. The second-order valence-electron chi connectivity index (χ2n) is 3.50. The monoisotopic (exact) mass is 193 g/mol. The van der Waals surface area contributed by atoms with Crippen LogP contribution in [0.2, 0.25) is 0 Å². The van der Waals surface area contributed by atoms with Crippen LogP contribution in [-0.2, 0) is 24.4 Å². The zero-order valence-electron chi connectivity index (χ0n) is 8.63. The minimum atomic E-state index is 0.644. The van der Waals surface area contributed by atoms with Crippen molar-refractivity contribution < 1.29 is 4.74 Å². The molecule has 0 saturated heterocycles. The van der Waals surface area contributed by atoms with E-state index in [2.05, 4.69) is 15.3 Å². The van der Waals surface area contributed by atoms with Crippen LogP contribution in [0.3, 0.4) is 0 Å². The van der Waals surface area contributed by atoms with Crippen LogP contribution in [0, 0.1) is 6.92 Å². The first-order chi connectivity index (χ1) is 6.81. The minimum absolute atomic E-state index is 0.644. The van der Waals surface area contributed by atoms with Gasteiger partial charge in [0.05, 0.1) is 18.9 Å². The highest BCUT2D eigenvalue weighted by atomic mass is 16.5. The number of rotatable bonds is 3. The topological polar surface area (TPSA) is 47.0 Å². The molecule has 0 fully saturated rings. The lowest BCUT2D eigenvalue weighted by molar-refractivity contribution is 0.133. The van der Waals surface area contributed by atoms with Gasteiger partial charge in [-0.3, -0.25) is 0 Å². The summed E-state index contributed by atoms with van der Waals surface area (Å²) in [6, 6.07) is 0. The van der Waals surface area contributed by atoms with Crippen LogP contribution in [0.25, 0.3) is 0 Å². The van der Waals surface area contributed by atoms with Crippen LogP contribution in [-0.4, -0.2) is 23.6 Å². The maximum absolute atomic E-state index is 5.34. The van der Waals surface area contributed by atoms with Gasteiger partial charge < -0.3 is 10.1 Å². The Balaban J connectivity index is 2.23. The van der Waals surface area contributed by atoms with E-state index in [-0.39, 0.29) is 0 Å². The van der Waals surface area contributed by atoms with Gasteiger partial charge in [0.25, 0.3) is 0 Å². The summed E-state index contributed by atoms with van der Waals surface area (Å²) in [6.07, 6.45) is 0.880. The molecule has 0 spiro atoms. The molecule has 1 aliphatic heterocycles. The predicted molar refractivity (Wildman–Crippen MR) is 52.9 cm³/mol. The van der Waals surface area contributed by atoms with Gasteiger partial charge in [-0.05, 0) is 14.0 Å². The SMILES string of the molecule is CNCCc1nc(C)c2c(n1)COC2. The Kier molecular flexibility index (Phi) is 2.74. The minimum Gasteiger partial charge on any atom is -0.370 e. The zero-order chi connectivity index (χ0) is 9.97. The number of aromatic nitrogens is 2. The maximum atomic E-state index is 5.34. The molecule has 0 radical (unpaired) electrons. The molecule has 1 aromatic rings. The lowest BCUT2D eigenvalue weighted by Gasteiger charge is -2.04. The summed E-state index contributed by atoms with van der Waals surface area (Å²) in [6.45, 7) is 4.26. The molecule has 0 bridgehead atoms. The standard InChI is InChI=1S/C10H15N3O/c1-7-8-5-14-6-9(8)13-10(12-7)3-4-11-2/h11H,3-6H2,1-2H3. The van der Waals surface area contributed by atoms with Gasteiger partial charge in [0.1, 0.15) is 5.82 Å². The molecular formula is C10H15N3O. The molecule has 2 rings (SSSR count). The van der Waals surface area contributed by atoms with Gasteiger partial charge in [-0.2, -0.15) is 0 Å². The lowest BCUT2D eigenvalue weighted by Crippen LogP contribution is -2.13. The van der Waals surface area contributed by atoms with Crippen LogP contribution in [0.15, 0.2) is 0 Å². The normalized spacial score (nSPS) is 14.4. The van der Waals surface area contributed by atoms with Crippen LogP contribution in [0.5, 0.6) is 0 Å². The first kappa shape index (κ1) is 9.55. The van der Waals surface area contributed by atoms with Crippen LogP contribution >= 0.6 is 0 Å². The lowest BCUT2D eigenvalue weighted by atomic mass is 10.2. The average molecular weight is 193 g/mol. The number of aryl methyl sites for hydroxylation is 1. The van der Waals surface area contributed by atoms with Crippen LogP contribution in [0.4, 0.5) is 0 Å². The summed E-state index contributed by atoms with van der Waals surface area (Å²) < 4.78 is 5.34. The van der Waals surface area contributed by atoms with E-state index in [4.69, 9.17) is 4.74 Å². The fraction of sp³-hybridized carbons (Fsp3) is 0.600. The van der Waals surface area contributed by atoms with E-state index in [1.807, 2.05) is 14.0 Å². The first-order valence-electron chi connectivity index (χ1n) is 4.89. The molecule has 0 aromatic carbocycles. The van der Waals surface area contributed by atoms with E-state index in [0.717, 1.165) is 30.2 Å². The van der Waals surface area contributed by atoms with Gasteiger partial charge in [-0.25, -0.2) is 9.97 Å². The summed E-state index contributed by atoms with van der Waals surface area (Å²) in [4.78, 5) is 8.93. The molecule has 2 heterocycles. The Hall–Kier alpha value is -1.00. The van der Waals surface area contributed by atoms with Gasteiger partial charge in [0, 0.05) is 24.2 Å². The van der Waals surface area contributed by atoms with Crippen molar-refractivity contribution in [3.8, 4) is 0 Å². The molecule has 1 N–H and O–H groups in total. The molecule has 0 saturated carbocycles. The van der Waals surface area contributed by atoms with E-state index >= 15 is 0 Å². The summed E-state index contributed by atoms with van der Waals surface area (Å²) in [5.41, 5.74) is 3.32. The zero-order valence-corrected chi connectivity index (χ0v) is 8.63. The number of hydrogen-bond acceptors (Lipinski definition) is 4. The fourth-order valence-corrected chi connectivity index (χ4v) is 1.62. The molecule has 0 atom stereocenters. The van der Waals surface area contributed by atoms with E-state index in [1.54, 1.807) is 0 Å². The highest BCUT2D eigenvalue weighted by Gasteiger charge is 2.16. The third-order valence-electron chi connectivity index (χ3n) is 2.43. The van der Waals surface area contributed by atoms with E-state index in [9.17, 15) is 0 Å². The van der Waals surface area contributed by atoms with Crippen molar-refractivity contribution in [3.05, 3.63) is 22.8 Å². The molecular weight excluding hydrogens is 178 g/mol. The summed E-state index contributed by atoms with van der Waals surface area (Å²) in [5.74, 6) is 0.918. The molecule has 0 unspecified atom stereocenters. The summed E-state index contributed by atoms with van der Waals surface area (Å²) in [7, 11) is 1.93. The van der Waals surface area contributed by atoms with Gasteiger partial charge in [0.2, 0.25) is 0 Å². The number of ether oxygens (including phenoxy) is 1. The molecule has 0 aliphatic carbocycles. The Morgan fingerprint density at radius 2 is 2.21 bits per heavy atom. The quantitative estimate of drug-likeness (QED) is 0.762. The third-order valence-corrected chi connectivity index (χ3v) is 2.43. The van der Waals surface area contributed by atoms with Crippen molar-refractivity contribution in [1.82, 2.24) is 15.3 Å². The Bertz CT molecular complexity index is 338. The first-order valence-corrected chi connectivity index (χ1v) is 4.89. The van der Waals surface area contributed by atoms with Crippen molar-refractivity contribution >= 4 is 0 Å². The largest absolute Gasteiger partial charge is 0.370 e. The van der Waals surface area contributed by atoms with Gasteiger partial charge in [-0.1, -0.05) is 0 Å². The van der Waals surface area contributed by atoms with Gasteiger partial charge in [-0.15, -0.1) is 0 Å². The van der Waals surface area contributed by atoms with Crippen molar-refractivity contribution in [2.75, 3.05) is 13.6 Å². The van der Waals surface area contributed by atoms with E-state index in [1.165, 1.54) is 5.56 Å². The van der Waals surface area contributed by atoms with E-state index < -0.39 is 0 Å².